The summed E-state index contributed by atoms with van der Waals surface area (Å²) >= 11 is 0. The molecule has 1 amide bonds. The molecule has 0 spiro atoms. The van der Waals surface area contributed by atoms with E-state index in [1.807, 2.05) is 0 Å². The number of nitrogens with one attached hydrogen (secondary N) is 2. The Morgan fingerprint density at radius 1 is 1.22 bits per heavy atom. The molecule has 2 unspecified atom stereocenters. The molecule has 1 aromatic carbocycles. The summed E-state index contributed by atoms with van der Waals surface area (Å²) in [4.78, 5) is 19.4. The van der Waals surface area contributed by atoms with Crippen molar-refractivity contribution in [3.05, 3.63) is 41.7 Å². The second kappa shape index (κ2) is 8.31. The zero-order valence-corrected chi connectivity index (χ0v) is 17.8. The van der Waals surface area contributed by atoms with Gasteiger partial charge in [-0.1, -0.05) is 25.7 Å². The van der Waals surface area contributed by atoms with Gasteiger partial charge in [0.25, 0.3) is 0 Å². The molecule has 0 saturated heterocycles. The summed E-state index contributed by atoms with van der Waals surface area (Å²) in [7, 11) is 0. The molecule has 2 aliphatic rings. The first kappa shape index (κ1) is 20.6. The lowest BCUT2D eigenvalue weighted by Gasteiger charge is -2.20. The minimum absolute atomic E-state index is 0.244. The number of rotatable bonds is 4. The standard InChI is InChI=1S/C20H19FN6O2.C3H6/c1-10-17(13-7-27-8-15(23-9-28)25-16(27)6-22-13)12-5-24-26-20(12)18(19(10)21)11-3-2-4-14(11)29;1-2-3-1/h5-9,11,14,29H,2-4H2,1H3,(H,23,28)(H,24,26);1-3H2. The van der Waals surface area contributed by atoms with Crippen molar-refractivity contribution in [1.82, 2.24) is 24.6 Å². The van der Waals surface area contributed by atoms with Crippen molar-refractivity contribution in [2.75, 3.05) is 5.32 Å². The van der Waals surface area contributed by atoms with Gasteiger partial charge in [-0.2, -0.15) is 5.10 Å². The summed E-state index contributed by atoms with van der Waals surface area (Å²) in [5.74, 6) is -0.175. The Hall–Kier alpha value is -3.33. The summed E-state index contributed by atoms with van der Waals surface area (Å²) in [6.45, 7) is 1.72. The van der Waals surface area contributed by atoms with Crippen LogP contribution < -0.4 is 5.32 Å². The first-order valence-corrected chi connectivity index (χ1v) is 11.0. The van der Waals surface area contributed by atoms with Crippen molar-refractivity contribution in [1.29, 1.82) is 0 Å². The number of aromatic nitrogens is 5. The number of benzene rings is 1. The first-order chi connectivity index (χ1) is 15.6. The van der Waals surface area contributed by atoms with Crippen LogP contribution in [0.2, 0.25) is 0 Å². The van der Waals surface area contributed by atoms with Crippen LogP contribution in [0.4, 0.5) is 10.2 Å². The van der Waals surface area contributed by atoms with Crippen molar-refractivity contribution >= 4 is 28.8 Å². The molecule has 2 aliphatic carbocycles. The van der Waals surface area contributed by atoms with Crippen LogP contribution in [0.25, 0.3) is 27.8 Å². The number of aromatic amines is 1. The van der Waals surface area contributed by atoms with E-state index in [1.54, 1.807) is 36.1 Å². The lowest BCUT2D eigenvalue weighted by atomic mass is 9.88. The highest BCUT2D eigenvalue weighted by atomic mass is 19.1. The number of amides is 1. The molecule has 2 atom stereocenters. The Labute approximate surface area is 183 Å². The molecule has 0 aliphatic heterocycles. The molecule has 0 radical (unpaired) electrons. The zero-order valence-electron chi connectivity index (χ0n) is 17.8. The van der Waals surface area contributed by atoms with Gasteiger partial charge in [-0.05, 0) is 25.3 Å². The topological polar surface area (TPSA) is 108 Å². The normalized spacial score (nSPS) is 19.7. The monoisotopic (exact) mass is 436 g/mol. The van der Waals surface area contributed by atoms with Gasteiger partial charge in [0.05, 0.1) is 35.9 Å². The van der Waals surface area contributed by atoms with Crippen LogP contribution in [0, 0.1) is 12.7 Å². The van der Waals surface area contributed by atoms with Crippen LogP contribution in [-0.2, 0) is 4.79 Å². The maximum atomic E-state index is 15.5. The van der Waals surface area contributed by atoms with Gasteiger partial charge >= 0.3 is 0 Å². The summed E-state index contributed by atoms with van der Waals surface area (Å²) in [6, 6.07) is 0. The van der Waals surface area contributed by atoms with E-state index in [4.69, 9.17) is 0 Å². The van der Waals surface area contributed by atoms with E-state index in [0.717, 1.165) is 18.2 Å². The molecule has 6 rings (SSSR count). The van der Waals surface area contributed by atoms with Crippen LogP contribution >= 0.6 is 0 Å². The molecule has 0 bridgehead atoms. The van der Waals surface area contributed by atoms with Crippen molar-refractivity contribution in [2.24, 2.45) is 0 Å². The fraction of sp³-hybridized carbons (Fsp3) is 0.391. The van der Waals surface area contributed by atoms with E-state index < -0.39 is 6.10 Å². The second-order valence-electron chi connectivity index (χ2n) is 8.48. The van der Waals surface area contributed by atoms with E-state index in [0.29, 0.717) is 52.2 Å². The maximum absolute atomic E-state index is 15.5. The Kier molecular flexibility index (Phi) is 5.34. The fourth-order valence-corrected chi connectivity index (χ4v) is 4.42. The number of anilines is 1. The third-order valence-corrected chi connectivity index (χ3v) is 6.13. The zero-order chi connectivity index (χ0) is 22.2. The molecule has 32 heavy (non-hydrogen) atoms. The van der Waals surface area contributed by atoms with Gasteiger partial charge in [0.15, 0.2) is 11.5 Å². The molecule has 3 N–H and O–H groups in total. The Morgan fingerprint density at radius 2 is 2.03 bits per heavy atom. The van der Waals surface area contributed by atoms with Crippen LogP contribution in [-0.4, -0.2) is 42.2 Å². The van der Waals surface area contributed by atoms with Gasteiger partial charge in [0.2, 0.25) is 6.41 Å². The molecule has 9 heteroatoms. The van der Waals surface area contributed by atoms with Gasteiger partial charge in [-0.3, -0.25) is 14.9 Å². The molecule has 3 heterocycles. The van der Waals surface area contributed by atoms with Crippen molar-refractivity contribution in [2.45, 2.75) is 57.5 Å². The van der Waals surface area contributed by atoms with E-state index in [2.05, 4.69) is 25.5 Å². The van der Waals surface area contributed by atoms with Crippen LogP contribution in [0.15, 0.2) is 24.8 Å². The second-order valence-corrected chi connectivity index (χ2v) is 8.48. The van der Waals surface area contributed by atoms with Crippen LogP contribution in [0.3, 0.4) is 0 Å². The molecular weight excluding hydrogens is 411 g/mol. The third-order valence-electron chi connectivity index (χ3n) is 6.13. The number of aliphatic hydroxyl groups is 1. The number of carbonyl (C=O) groups excluding carboxylic acids is 1. The lowest BCUT2D eigenvalue weighted by molar-refractivity contribution is -0.105. The van der Waals surface area contributed by atoms with Gasteiger partial charge < -0.3 is 14.8 Å². The number of H-pyrrole nitrogens is 1. The van der Waals surface area contributed by atoms with E-state index in [1.165, 1.54) is 19.3 Å². The van der Waals surface area contributed by atoms with Crippen molar-refractivity contribution < 1.29 is 14.3 Å². The minimum Gasteiger partial charge on any atom is -0.392 e. The molecule has 166 valence electrons. The highest BCUT2D eigenvalue weighted by Crippen LogP contribution is 2.43. The fourth-order valence-electron chi connectivity index (χ4n) is 4.42. The number of hydrogen-bond acceptors (Lipinski definition) is 5. The van der Waals surface area contributed by atoms with E-state index in [9.17, 15) is 9.90 Å². The maximum Gasteiger partial charge on any atom is 0.212 e. The number of imidazole rings is 1. The molecule has 2 saturated carbocycles. The van der Waals surface area contributed by atoms with Crippen LogP contribution in [0.1, 0.15) is 55.6 Å². The van der Waals surface area contributed by atoms with Gasteiger partial charge in [-0.25, -0.2) is 9.37 Å². The Morgan fingerprint density at radius 3 is 2.72 bits per heavy atom. The van der Waals surface area contributed by atoms with Crippen molar-refractivity contribution in [3.63, 3.8) is 0 Å². The van der Waals surface area contributed by atoms with Crippen molar-refractivity contribution in [3.8, 4) is 11.3 Å². The molecule has 4 aromatic rings. The molecule has 3 aromatic heterocycles. The smallest absolute Gasteiger partial charge is 0.212 e. The molecular formula is C23H25FN6O2. The number of hydrogen-bond donors (Lipinski definition) is 3. The quantitative estimate of drug-likeness (QED) is 0.418. The summed E-state index contributed by atoms with van der Waals surface area (Å²) < 4.78 is 17.3. The SMILES string of the molecule is C1CC1.Cc1c(F)c(C2CCCC2O)c2[nH]ncc2c1-c1cn2cc(NC=O)nc2cn1. The minimum atomic E-state index is -0.551. The Bertz CT molecular complexity index is 1290. The summed E-state index contributed by atoms with van der Waals surface area (Å²) in [6.07, 6.45) is 13.5. The number of carbonyl (C=O) groups is 1. The van der Waals surface area contributed by atoms with Gasteiger partial charge in [0.1, 0.15) is 5.82 Å². The number of fused-ring (bicyclic) bond motifs is 2. The highest BCUT2D eigenvalue weighted by Gasteiger charge is 2.33. The molecule has 2 fully saturated rings. The van der Waals surface area contributed by atoms with Crippen LogP contribution in [0.5, 0.6) is 0 Å². The lowest BCUT2D eigenvalue weighted by Crippen LogP contribution is -2.14. The predicted octanol–water partition coefficient (Wildman–Crippen LogP) is 4.09. The average molecular weight is 436 g/mol. The summed E-state index contributed by atoms with van der Waals surface area (Å²) in [5, 5.41) is 20.7. The van der Waals surface area contributed by atoms with Gasteiger partial charge in [-0.15, -0.1) is 0 Å². The third kappa shape index (κ3) is 3.62. The van der Waals surface area contributed by atoms with E-state index >= 15 is 4.39 Å². The highest BCUT2D eigenvalue weighted by molar-refractivity contribution is 5.97. The summed E-state index contributed by atoms with van der Waals surface area (Å²) in [5.41, 5.74) is 3.34. The Balaban J connectivity index is 0.000000666. The van der Waals surface area contributed by atoms with E-state index in [-0.39, 0.29) is 11.7 Å². The average Bonchev–Trinajstić information content (AvgIpc) is 3.34. The van der Waals surface area contributed by atoms with Gasteiger partial charge in [0, 0.05) is 28.6 Å². The predicted molar refractivity (Wildman–Crippen MR) is 119 cm³/mol. The number of nitrogens with zero attached hydrogens (tertiary/aromatic N) is 4. The molecule has 8 nitrogen and oxygen atoms in total. The largest absolute Gasteiger partial charge is 0.392 e. The number of aliphatic hydroxyl groups excluding tert-OH is 1. The number of halogens is 1. The first-order valence-electron chi connectivity index (χ1n) is 11.0.